The summed E-state index contributed by atoms with van der Waals surface area (Å²) in [7, 11) is 0. The van der Waals surface area contributed by atoms with Crippen molar-refractivity contribution in [2.45, 2.75) is 19.1 Å². The first-order valence-electron chi connectivity index (χ1n) is 4.95. The zero-order valence-electron chi connectivity index (χ0n) is 9.29. The second-order valence-corrected chi connectivity index (χ2v) is 5.64. The summed E-state index contributed by atoms with van der Waals surface area (Å²) in [6, 6.07) is 5.02. The lowest BCUT2D eigenvalue weighted by Crippen LogP contribution is -2.16. The first-order valence-corrected chi connectivity index (χ1v) is 6.38. The van der Waals surface area contributed by atoms with E-state index in [0.717, 1.165) is 0 Å². The van der Waals surface area contributed by atoms with Crippen molar-refractivity contribution in [2.24, 2.45) is 0 Å². The third-order valence-corrected chi connectivity index (χ3v) is 3.17. The maximum atomic E-state index is 11.5. The van der Waals surface area contributed by atoms with Crippen molar-refractivity contribution in [3.8, 4) is 0 Å². The Bertz CT molecular complexity index is 382. The predicted molar refractivity (Wildman–Crippen MR) is 72.1 cm³/mol. The van der Waals surface area contributed by atoms with Crippen LogP contribution in [0.3, 0.4) is 0 Å². The number of halogens is 1. The Kier molecular flexibility index (Phi) is 4.96. The zero-order valence-corrected chi connectivity index (χ0v) is 10.9. The van der Waals surface area contributed by atoms with E-state index in [0.29, 0.717) is 27.4 Å². The van der Waals surface area contributed by atoms with Crippen molar-refractivity contribution >= 4 is 40.6 Å². The second-order valence-electron chi connectivity index (χ2n) is 3.64. The lowest BCUT2D eigenvalue weighted by atomic mass is 10.2. The third-order valence-electron chi connectivity index (χ3n) is 1.84. The molecule has 0 atom stereocenters. The fourth-order valence-corrected chi connectivity index (χ4v) is 1.81. The van der Waals surface area contributed by atoms with Gasteiger partial charge in [-0.3, -0.25) is 4.79 Å². The average Bonchev–Trinajstić information content (AvgIpc) is 2.19. The number of carbonyl (C=O) groups is 1. The summed E-state index contributed by atoms with van der Waals surface area (Å²) in [4.78, 5) is 11.5. The van der Waals surface area contributed by atoms with Gasteiger partial charge in [-0.1, -0.05) is 25.4 Å². The fraction of sp³-hybridized carbons (Fsp3) is 0.364. The van der Waals surface area contributed by atoms with Crippen LogP contribution in [0.1, 0.15) is 13.8 Å². The molecule has 0 spiro atoms. The van der Waals surface area contributed by atoms with Gasteiger partial charge in [0.2, 0.25) is 5.91 Å². The van der Waals surface area contributed by atoms with E-state index in [2.05, 4.69) is 19.2 Å². The van der Waals surface area contributed by atoms with Crippen LogP contribution in [0.15, 0.2) is 18.2 Å². The summed E-state index contributed by atoms with van der Waals surface area (Å²) in [5.74, 6) is 0.382. The molecule has 0 saturated carbocycles. The predicted octanol–water partition coefficient (Wildman–Crippen LogP) is 3.00. The number of nitrogen functional groups attached to an aromatic ring is 1. The van der Waals surface area contributed by atoms with E-state index in [-0.39, 0.29) is 5.91 Å². The third kappa shape index (κ3) is 4.33. The average molecular weight is 259 g/mol. The number of nitrogens with one attached hydrogen (secondary N) is 1. The second kappa shape index (κ2) is 6.01. The monoisotopic (exact) mass is 258 g/mol. The van der Waals surface area contributed by atoms with Crippen molar-refractivity contribution in [3.63, 3.8) is 0 Å². The minimum atomic E-state index is -0.0484. The van der Waals surface area contributed by atoms with E-state index >= 15 is 0 Å². The van der Waals surface area contributed by atoms with Crippen LogP contribution in [0.2, 0.25) is 5.02 Å². The van der Waals surface area contributed by atoms with Crippen LogP contribution < -0.4 is 11.1 Å². The highest BCUT2D eigenvalue weighted by Gasteiger charge is 2.06. The van der Waals surface area contributed by atoms with E-state index in [1.807, 2.05) is 0 Å². The Morgan fingerprint density at radius 3 is 2.81 bits per heavy atom. The molecule has 0 heterocycles. The summed E-state index contributed by atoms with van der Waals surface area (Å²) in [6.07, 6.45) is 0. The minimum absolute atomic E-state index is 0.0484. The minimum Gasteiger partial charge on any atom is -0.397 e. The Balaban J connectivity index is 2.56. The number of thioether (sulfide) groups is 1. The zero-order chi connectivity index (χ0) is 12.1. The van der Waals surface area contributed by atoms with Crippen molar-refractivity contribution in [2.75, 3.05) is 16.8 Å². The molecule has 0 unspecified atom stereocenters. The van der Waals surface area contributed by atoms with Gasteiger partial charge in [-0.25, -0.2) is 0 Å². The summed E-state index contributed by atoms with van der Waals surface area (Å²) in [5.41, 5.74) is 6.81. The number of hydrogen-bond donors (Lipinski definition) is 2. The van der Waals surface area contributed by atoms with Crippen LogP contribution in [-0.4, -0.2) is 16.9 Å². The molecule has 0 radical (unpaired) electrons. The van der Waals surface area contributed by atoms with Crippen LogP contribution in [-0.2, 0) is 4.79 Å². The Morgan fingerprint density at radius 2 is 2.25 bits per heavy atom. The number of carbonyl (C=O) groups excluding carboxylic acids is 1. The molecular formula is C11H15ClN2OS. The lowest BCUT2D eigenvalue weighted by molar-refractivity contribution is -0.113. The number of anilines is 2. The van der Waals surface area contributed by atoms with E-state index in [1.54, 1.807) is 30.0 Å². The molecule has 16 heavy (non-hydrogen) atoms. The topological polar surface area (TPSA) is 55.1 Å². The summed E-state index contributed by atoms with van der Waals surface area (Å²) < 4.78 is 0. The maximum absolute atomic E-state index is 11.5. The number of benzene rings is 1. The van der Waals surface area contributed by atoms with Gasteiger partial charge in [0.25, 0.3) is 0 Å². The summed E-state index contributed by atoms with van der Waals surface area (Å²) >= 11 is 7.35. The number of rotatable bonds is 4. The molecule has 0 bridgehead atoms. The molecule has 0 aliphatic heterocycles. The van der Waals surface area contributed by atoms with Gasteiger partial charge in [-0.2, -0.15) is 0 Å². The van der Waals surface area contributed by atoms with E-state index < -0.39 is 0 Å². The van der Waals surface area contributed by atoms with Gasteiger partial charge in [-0.15, -0.1) is 11.8 Å². The number of amides is 1. The highest BCUT2D eigenvalue weighted by molar-refractivity contribution is 8.00. The SMILES string of the molecule is CC(C)SCC(=O)Nc1ccc(Cl)cc1N. The van der Waals surface area contributed by atoms with Gasteiger partial charge in [-0.05, 0) is 23.4 Å². The number of hydrogen-bond acceptors (Lipinski definition) is 3. The smallest absolute Gasteiger partial charge is 0.234 e. The molecule has 1 aromatic rings. The molecular weight excluding hydrogens is 244 g/mol. The van der Waals surface area contributed by atoms with E-state index in [4.69, 9.17) is 17.3 Å². The van der Waals surface area contributed by atoms with E-state index in [1.165, 1.54) is 0 Å². The highest BCUT2D eigenvalue weighted by atomic mass is 35.5. The van der Waals surface area contributed by atoms with Gasteiger partial charge in [0, 0.05) is 5.02 Å². The molecule has 0 saturated heterocycles. The van der Waals surface area contributed by atoms with Crippen LogP contribution in [0, 0.1) is 0 Å². The highest BCUT2D eigenvalue weighted by Crippen LogP contribution is 2.22. The first-order chi connectivity index (χ1) is 7.49. The van der Waals surface area contributed by atoms with Crippen molar-refractivity contribution < 1.29 is 4.79 Å². The lowest BCUT2D eigenvalue weighted by Gasteiger charge is -2.09. The van der Waals surface area contributed by atoms with Crippen molar-refractivity contribution in [1.82, 2.24) is 0 Å². The molecule has 3 nitrogen and oxygen atoms in total. The van der Waals surface area contributed by atoms with Gasteiger partial charge in [0.15, 0.2) is 0 Å². The van der Waals surface area contributed by atoms with Crippen LogP contribution >= 0.6 is 23.4 Å². The fourth-order valence-electron chi connectivity index (χ4n) is 1.08. The maximum Gasteiger partial charge on any atom is 0.234 e. The van der Waals surface area contributed by atoms with E-state index in [9.17, 15) is 4.79 Å². The summed E-state index contributed by atoms with van der Waals surface area (Å²) in [5, 5.41) is 3.75. The summed E-state index contributed by atoms with van der Waals surface area (Å²) in [6.45, 7) is 4.10. The molecule has 1 aromatic carbocycles. The standard InChI is InChI=1S/C11H15ClN2OS/c1-7(2)16-6-11(15)14-10-4-3-8(12)5-9(10)13/h3-5,7H,6,13H2,1-2H3,(H,14,15). The molecule has 1 amide bonds. The molecule has 88 valence electrons. The van der Waals surface area contributed by atoms with Crippen LogP contribution in [0.25, 0.3) is 0 Å². The molecule has 0 fully saturated rings. The van der Waals surface area contributed by atoms with Crippen molar-refractivity contribution in [1.29, 1.82) is 0 Å². The molecule has 5 heteroatoms. The van der Waals surface area contributed by atoms with Gasteiger partial charge in [0.1, 0.15) is 0 Å². The molecule has 0 aliphatic rings. The molecule has 0 aliphatic carbocycles. The Morgan fingerprint density at radius 1 is 1.56 bits per heavy atom. The largest absolute Gasteiger partial charge is 0.397 e. The van der Waals surface area contributed by atoms with Gasteiger partial charge >= 0.3 is 0 Å². The quantitative estimate of drug-likeness (QED) is 0.817. The molecule has 3 N–H and O–H groups in total. The van der Waals surface area contributed by atoms with Crippen LogP contribution in [0.4, 0.5) is 11.4 Å². The van der Waals surface area contributed by atoms with Crippen molar-refractivity contribution in [3.05, 3.63) is 23.2 Å². The number of nitrogens with two attached hydrogens (primary N) is 1. The normalized spacial score (nSPS) is 10.5. The van der Waals surface area contributed by atoms with Crippen LogP contribution in [0.5, 0.6) is 0 Å². The Hall–Kier alpha value is -0.870. The van der Waals surface area contributed by atoms with Gasteiger partial charge < -0.3 is 11.1 Å². The van der Waals surface area contributed by atoms with Gasteiger partial charge in [0.05, 0.1) is 17.1 Å². The Labute approximate surface area is 105 Å². The molecule has 0 aromatic heterocycles. The first kappa shape index (κ1) is 13.2. The molecule has 1 rings (SSSR count).